The molecule has 1 amide bonds. The molecule has 4 nitrogen and oxygen atoms in total. The Morgan fingerprint density at radius 1 is 1.33 bits per heavy atom. The highest BCUT2D eigenvalue weighted by Crippen LogP contribution is 2.20. The van der Waals surface area contributed by atoms with Crippen molar-refractivity contribution < 1.29 is 14.3 Å². The van der Waals surface area contributed by atoms with Crippen molar-refractivity contribution in [2.45, 2.75) is 12.5 Å². The number of hydrogen-bond donors (Lipinski definition) is 1. The fourth-order valence-corrected chi connectivity index (χ4v) is 2.99. The number of carbonyl (C=O) groups excluding carboxylic acids is 2. The molecule has 0 aliphatic heterocycles. The Balaban J connectivity index is 2.09. The zero-order valence-corrected chi connectivity index (χ0v) is 13.7. The average Bonchev–Trinajstić information content (AvgIpc) is 2.93. The maximum Gasteiger partial charge on any atom is 0.328 e. The Morgan fingerprint density at radius 3 is 2.62 bits per heavy atom. The molecule has 0 saturated carbocycles. The Kier molecular flexibility index (Phi) is 5.52. The second kappa shape index (κ2) is 7.38. The van der Waals surface area contributed by atoms with Crippen LogP contribution in [0.15, 0.2) is 45.6 Å². The fraction of sp³-hybridized carbons (Fsp3) is 0.200. The second-order valence-corrected chi connectivity index (χ2v) is 6.67. The van der Waals surface area contributed by atoms with Crippen LogP contribution in [0.1, 0.15) is 15.9 Å². The predicted molar refractivity (Wildman–Crippen MR) is 85.4 cm³/mol. The van der Waals surface area contributed by atoms with Gasteiger partial charge in [0.25, 0.3) is 5.91 Å². The Hall–Kier alpha value is -1.66. The molecule has 2 aromatic rings. The number of methoxy groups -OCH3 is 1. The molecule has 0 aliphatic carbocycles. The molecule has 1 heterocycles. The molecule has 1 N–H and O–H groups in total. The third-order valence-corrected chi connectivity index (χ3v) is 4.41. The zero-order valence-electron chi connectivity index (χ0n) is 11.3. The number of halogens is 1. The van der Waals surface area contributed by atoms with E-state index in [0.717, 1.165) is 9.35 Å². The maximum absolute atomic E-state index is 12.1. The van der Waals surface area contributed by atoms with Crippen molar-refractivity contribution >= 4 is 39.1 Å². The summed E-state index contributed by atoms with van der Waals surface area (Å²) in [5.74, 6) is -0.746. The average molecular weight is 368 g/mol. The number of rotatable bonds is 5. The topological polar surface area (TPSA) is 55.4 Å². The van der Waals surface area contributed by atoms with Crippen molar-refractivity contribution in [3.8, 4) is 0 Å². The minimum atomic E-state index is -0.705. The van der Waals surface area contributed by atoms with Crippen molar-refractivity contribution in [3.05, 3.63) is 56.7 Å². The van der Waals surface area contributed by atoms with Gasteiger partial charge >= 0.3 is 5.97 Å². The van der Waals surface area contributed by atoms with Crippen LogP contribution in [-0.2, 0) is 16.0 Å². The van der Waals surface area contributed by atoms with Crippen LogP contribution in [-0.4, -0.2) is 25.0 Å². The van der Waals surface area contributed by atoms with Crippen LogP contribution >= 0.6 is 27.3 Å². The Labute approximate surface area is 135 Å². The molecule has 6 heteroatoms. The summed E-state index contributed by atoms with van der Waals surface area (Å²) in [6, 6.07) is 10.5. The Morgan fingerprint density at radius 2 is 2.05 bits per heavy atom. The molecule has 1 aromatic carbocycles. The van der Waals surface area contributed by atoms with Gasteiger partial charge in [-0.2, -0.15) is 0 Å². The molecule has 1 aromatic heterocycles. The summed E-state index contributed by atoms with van der Waals surface area (Å²) in [5, 5.41) is 4.45. The molecule has 0 radical (unpaired) electrons. The SMILES string of the molecule is COC(=O)C(Cc1ccccc1)NC(=O)c1csc(Br)c1. The lowest BCUT2D eigenvalue weighted by molar-refractivity contribution is -0.142. The first-order chi connectivity index (χ1) is 10.1. The first-order valence-corrected chi connectivity index (χ1v) is 7.94. The number of esters is 1. The lowest BCUT2D eigenvalue weighted by Gasteiger charge is -2.16. The largest absolute Gasteiger partial charge is 0.467 e. The molecule has 1 atom stereocenters. The molecular formula is C15H14BrNO3S. The van der Waals surface area contributed by atoms with Crippen molar-refractivity contribution in [1.29, 1.82) is 0 Å². The van der Waals surface area contributed by atoms with Gasteiger partial charge in [-0.05, 0) is 27.6 Å². The second-order valence-electron chi connectivity index (χ2n) is 4.38. The summed E-state index contributed by atoms with van der Waals surface area (Å²) in [6.45, 7) is 0. The van der Waals surface area contributed by atoms with E-state index in [1.54, 1.807) is 11.4 Å². The van der Waals surface area contributed by atoms with Crippen molar-refractivity contribution in [2.75, 3.05) is 7.11 Å². The number of ether oxygens (including phenoxy) is 1. The normalized spacial score (nSPS) is 11.7. The number of amides is 1. The van der Waals surface area contributed by atoms with Crippen LogP contribution in [0.4, 0.5) is 0 Å². The van der Waals surface area contributed by atoms with Gasteiger partial charge in [-0.1, -0.05) is 30.3 Å². The van der Waals surface area contributed by atoms with Gasteiger partial charge in [-0.25, -0.2) is 4.79 Å². The van der Waals surface area contributed by atoms with Crippen LogP contribution in [0.25, 0.3) is 0 Å². The lowest BCUT2D eigenvalue weighted by Crippen LogP contribution is -2.42. The predicted octanol–water partition coefficient (Wildman–Crippen LogP) is 3.02. The molecule has 0 saturated heterocycles. The first-order valence-electron chi connectivity index (χ1n) is 6.27. The van der Waals surface area contributed by atoms with E-state index in [1.165, 1.54) is 18.4 Å². The summed E-state index contributed by atoms with van der Waals surface area (Å²) in [6.07, 6.45) is 0.393. The number of benzene rings is 1. The number of thiophene rings is 1. The standard InChI is InChI=1S/C15H14BrNO3S/c1-20-15(19)12(7-10-5-3-2-4-6-10)17-14(18)11-8-13(16)21-9-11/h2-6,8-9,12H,7H2,1H3,(H,17,18). The van der Waals surface area contributed by atoms with Crippen molar-refractivity contribution in [1.82, 2.24) is 5.32 Å². The summed E-state index contributed by atoms with van der Waals surface area (Å²) >= 11 is 4.73. The van der Waals surface area contributed by atoms with Crippen LogP contribution in [0.5, 0.6) is 0 Å². The Bertz CT molecular complexity index is 627. The summed E-state index contributed by atoms with van der Waals surface area (Å²) in [5.41, 5.74) is 1.48. The highest BCUT2D eigenvalue weighted by atomic mass is 79.9. The van der Waals surface area contributed by atoms with Crippen LogP contribution in [0.2, 0.25) is 0 Å². The fourth-order valence-electron chi connectivity index (χ4n) is 1.86. The first kappa shape index (κ1) is 15.7. The van der Waals surface area contributed by atoms with Gasteiger partial charge in [-0.15, -0.1) is 11.3 Å². The van der Waals surface area contributed by atoms with Gasteiger partial charge in [0.05, 0.1) is 16.5 Å². The number of carbonyl (C=O) groups is 2. The highest BCUT2D eigenvalue weighted by molar-refractivity contribution is 9.11. The van der Waals surface area contributed by atoms with Crippen molar-refractivity contribution in [3.63, 3.8) is 0 Å². The quantitative estimate of drug-likeness (QED) is 0.826. The van der Waals surface area contributed by atoms with Gasteiger partial charge in [0, 0.05) is 11.8 Å². The minimum Gasteiger partial charge on any atom is -0.467 e. The number of hydrogen-bond acceptors (Lipinski definition) is 4. The summed E-state index contributed by atoms with van der Waals surface area (Å²) < 4.78 is 5.63. The van der Waals surface area contributed by atoms with E-state index >= 15 is 0 Å². The van der Waals surface area contributed by atoms with Crippen LogP contribution < -0.4 is 5.32 Å². The van der Waals surface area contributed by atoms with E-state index in [2.05, 4.69) is 21.2 Å². The van der Waals surface area contributed by atoms with Gasteiger partial charge in [0.1, 0.15) is 6.04 Å². The third-order valence-electron chi connectivity index (χ3n) is 2.90. The summed E-state index contributed by atoms with van der Waals surface area (Å²) in [7, 11) is 1.31. The third kappa shape index (κ3) is 4.41. The molecular weight excluding hydrogens is 354 g/mol. The van der Waals surface area contributed by atoms with E-state index in [0.29, 0.717) is 12.0 Å². The molecule has 2 rings (SSSR count). The highest BCUT2D eigenvalue weighted by Gasteiger charge is 2.22. The zero-order chi connectivity index (χ0) is 15.2. The van der Waals surface area contributed by atoms with E-state index < -0.39 is 12.0 Å². The van der Waals surface area contributed by atoms with Crippen LogP contribution in [0.3, 0.4) is 0 Å². The van der Waals surface area contributed by atoms with Crippen LogP contribution in [0, 0.1) is 0 Å². The van der Waals surface area contributed by atoms with Gasteiger partial charge in [0.2, 0.25) is 0 Å². The van der Waals surface area contributed by atoms with E-state index in [-0.39, 0.29) is 5.91 Å². The minimum absolute atomic E-state index is 0.289. The van der Waals surface area contributed by atoms with Crippen molar-refractivity contribution in [2.24, 2.45) is 0 Å². The molecule has 0 spiro atoms. The molecule has 110 valence electrons. The molecule has 21 heavy (non-hydrogen) atoms. The number of nitrogens with one attached hydrogen (secondary N) is 1. The molecule has 1 unspecified atom stereocenters. The van der Waals surface area contributed by atoms with E-state index in [9.17, 15) is 9.59 Å². The lowest BCUT2D eigenvalue weighted by atomic mass is 10.1. The molecule has 0 bridgehead atoms. The molecule has 0 aliphatic rings. The molecule has 0 fully saturated rings. The smallest absolute Gasteiger partial charge is 0.328 e. The monoisotopic (exact) mass is 367 g/mol. The van der Waals surface area contributed by atoms with Gasteiger partial charge < -0.3 is 10.1 Å². The van der Waals surface area contributed by atoms with E-state index in [4.69, 9.17) is 4.74 Å². The van der Waals surface area contributed by atoms with Gasteiger partial charge in [0.15, 0.2) is 0 Å². The van der Waals surface area contributed by atoms with E-state index in [1.807, 2.05) is 30.3 Å². The maximum atomic E-state index is 12.1. The summed E-state index contributed by atoms with van der Waals surface area (Å²) in [4.78, 5) is 24.0. The van der Waals surface area contributed by atoms with Gasteiger partial charge in [-0.3, -0.25) is 4.79 Å².